The first-order chi connectivity index (χ1) is 14.2. The standard InChI is InChI=1S/C21H29Cl4NO4/c1-21(2,3)15-30-26-8-12-27-9-5-4-6-10-29-20-17(22)13-16(14-18(20)23)28-11-7-19(24)25/h7-8,13-14H,4-6,9-12,15H2,1-3H3/b26-8+. The Morgan fingerprint density at radius 2 is 1.63 bits per heavy atom. The average Bonchev–Trinajstić information content (AvgIpc) is 2.63. The Kier molecular flexibility index (Phi) is 13.6. The highest BCUT2D eigenvalue weighted by Gasteiger charge is 2.11. The van der Waals surface area contributed by atoms with Gasteiger partial charge in [0.15, 0.2) is 5.75 Å². The Labute approximate surface area is 199 Å². The van der Waals surface area contributed by atoms with Crippen molar-refractivity contribution in [2.45, 2.75) is 40.0 Å². The summed E-state index contributed by atoms with van der Waals surface area (Å²) >= 11 is 23.5. The van der Waals surface area contributed by atoms with Crippen molar-refractivity contribution in [2.75, 3.05) is 33.0 Å². The van der Waals surface area contributed by atoms with Gasteiger partial charge in [-0.25, -0.2) is 0 Å². The summed E-state index contributed by atoms with van der Waals surface area (Å²) < 4.78 is 16.8. The van der Waals surface area contributed by atoms with Crippen molar-refractivity contribution >= 4 is 52.6 Å². The van der Waals surface area contributed by atoms with Gasteiger partial charge >= 0.3 is 0 Å². The molecule has 1 aromatic carbocycles. The van der Waals surface area contributed by atoms with E-state index in [2.05, 4.69) is 25.9 Å². The maximum Gasteiger partial charge on any atom is 0.156 e. The largest absolute Gasteiger partial charge is 0.490 e. The van der Waals surface area contributed by atoms with Crippen molar-refractivity contribution in [3.05, 3.63) is 32.7 Å². The normalized spacial score (nSPS) is 11.6. The molecule has 0 N–H and O–H groups in total. The summed E-state index contributed by atoms with van der Waals surface area (Å²) in [6.45, 7) is 8.66. The van der Waals surface area contributed by atoms with Crippen LogP contribution < -0.4 is 9.47 Å². The highest BCUT2D eigenvalue weighted by atomic mass is 35.5. The van der Waals surface area contributed by atoms with E-state index < -0.39 is 0 Å². The molecule has 9 heteroatoms. The van der Waals surface area contributed by atoms with E-state index in [0.717, 1.165) is 19.3 Å². The van der Waals surface area contributed by atoms with E-state index in [1.807, 2.05) is 0 Å². The molecule has 0 bridgehead atoms. The van der Waals surface area contributed by atoms with Crippen LogP contribution in [-0.4, -0.2) is 39.2 Å². The zero-order chi connectivity index (χ0) is 22.4. The van der Waals surface area contributed by atoms with Gasteiger partial charge in [-0.05, 0) is 30.8 Å². The first-order valence-corrected chi connectivity index (χ1v) is 11.2. The molecule has 0 aromatic heterocycles. The summed E-state index contributed by atoms with van der Waals surface area (Å²) in [5, 5.41) is 4.63. The van der Waals surface area contributed by atoms with Gasteiger partial charge in [0.2, 0.25) is 0 Å². The van der Waals surface area contributed by atoms with E-state index in [-0.39, 0.29) is 16.5 Å². The fourth-order valence-electron chi connectivity index (χ4n) is 2.07. The zero-order valence-electron chi connectivity index (χ0n) is 17.6. The molecule has 1 aromatic rings. The maximum atomic E-state index is 6.23. The van der Waals surface area contributed by atoms with Gasteiger partial charge in [0.1, 0.15) is 23.5 Å². The molecule has 0 unspecified atom stereocenters. The molecular formula is C21H29Cl4NO4. The lowest BCUT2D eigenvalue weighted by molar-refractivity contribution is 0.0757. The molecule has 0 heterocycles. The van der Waals surface area contributed by atoms with Crippen molar-refractivity contribution in [3.8, 4) is 11.5 Å². The monoisotopic (exact) mass is 499 g/mol. The smallest absolute Gasteiger partial charge is 0.156 e. The van der Waals surface area contributed by atoms with Gasteiger partial charge in [0.05, 0.1) is 29.5 Å². The third kappa shape index (κ3) is 13.5. The third-order valence-electron chi connectivity index (χ3n) is 3.48. The Morgan fingerprint density at radius 1 is 0.967 bits per heavy atom. The summed E-state index contributed by atoms with van der Waals surface area (Å²) in [7, 11) is 0. The van der Waals surface area contributed by atoms with Crippen molar-refractivity contribution < 1.29 is 19.0 Å². The second-order valence-corrected chi connectivity index (χ2v) is 9.45. The van der Waals surface area contributed by atoms with Gasteiger partial charge in [-0.3, -0.25) is 0 Å². The van der Waals surface area contributed by atoms with Crippen LogP contribution in [0.1, 0.15) is 40.0 Å². The molecule has 5 nitrogen and oxygen atoms in total. The second-order valence-electron chi connectivity index (χ2n) is 7.63. The van der Waals surface area contributed by atoms with Gasteiger partial charge in [-0.1, -0.05) is 72.3 Å². The van der Waals surface area contributed by atoms with Gasteiger partial charge < -0.3 is 19.0 Å². The highest BCUT2D eigenvalue weighted by Crippen LogP contribution is 2.37. The fraction of sp³-hybridized carbons (Fsp3) is 0.571. The summed E-state index contributed by atoms with van der Waals surface area (Å²) in [6.07, 6.45) is 5.89. The van der Waals surface area contributed by atoms with Crippen molar-refractivity contribution in [3.63, 3.8) is 0 Å². The summed E-state index contributed by atoms with van der Waals surface area (Å²) in [6, 6.07) is 3.28. The van der Waals surface area contributed by atoms with Crippen LogP contribution in [0, 0.1) is 5.41 Å². The summed E-state index contributed by atoms with van der Waals surface area (Å²) in [4.78, 5) is 5.19. The fourth-order valence-corrected chi connectivity index (χ4v) is 2.77. The van der Waals surface area contributed by atoms with E-state index >= 15 is 0 Å². The quantitative estimate of drug-likeness (QED) is 0.153. The molecule has 0 amide bonds. The minimum absolute atomic E-state index is 0.0984. The van der Waals surface area contributed by atoms with Crippen molar-refractivity contribution in [1.82, 2.24) is 0 Å². The van der Waals surface area contributed by atoms with Gasteiger partial charge in [0, 0.05) is 18.7 Å². The number of rotatable bonds is 14. The molecule has 0 saturated carbocycles. The lowest BCUT2D eigenvalue weighted by Gasteiger charge is -2.15. The van der Waals surface area contributed by atoms with Crippen LogP contribution >= 0.6 is 46.4 Å². The average molecular weight is 501 g/mol. The summed E-state index contributed by atoms with van der Waals surface area (Å²) in [5.41, 5.74) is 0.0984. The van der Waals surface area contributed by atoms with E-state index in [9.17, 15) is 0 Å². The SMILES string of the molecule is CC(C)(C)CO/N=C/COCCCCCOc1c(Cl)cc(OCC=C(Cl)Cl)cc1Cl. The molecule has 0 fully saturated rings. The predicted molar refractivity (Wildman–Crippen MR) is 126 cm³/mol. The van der Waals surface area contributed by atoms with Crippen LogP contribution in [0.15, 0.2) is 27.9 Å². The number of ether oxygens (including phenoxy) is 3. The second kappa shape index (κ2) is 15.0. The molecule has 0 aliphatic rings. The van der Waals surface area contributed by atoms with E-state index in [1.165, 1.54) is 6.08 Å². The zero-order valence-corrected chi connectivity index (χ0v) is 20.6. The first kappa shape index (κ1) is 27.2. The Morgan fingerprint density at radius 3 is 2.27 bits per heavy atom. The minimum atomic E-state index is 0.0984. The molecule has 0 aliphatic heterocycles. The van der Waals surface area contributed by atoms with E-state index in [4.69, 9.17) is 65.5 Å². The number of hydrogen-bond donors (Lipinski definition) is 0. The topological polar surface area (TPSA) is 49.3 Å². The first-order valence-electron chi connectivity index (χ1n) is 9.66. The van der Waals surface area contributed by atoms with Crippen molar-refractivity contribution in [1.29, 1.82) is 0 Å². The molecule has 170 valence electrons. The Balaban J connectivity index is 2.16. The number of halogens is 4. The third-order valence-corrected chi connectivity index (χ3v) is 4.35. The van der Waals surface area contributed by atoms with E-state index in [1.54, 1.807) is 18.3 Å². The molecule has 0 aliphatic carbocycles. The van der Waals surface area contributed by atoms with Crippen LogP contribution in [0.5, 0.6) is 11.5 Å². The van der Waals surface area contributed by atoms with Gasteiger partial charge in [0.25, 0.3) is 0 Å². The minimum Gasteiger partial charge on any atom is -0.490 e. The number of benzene rings is 1. The number of oxime groups is 1. The van der Waals surface area contributed by atoms with Crippen LogP contribution in [0.3, 0.4) is 0 Å². The van der Waals surface area contributed by atoms with Gasteiger partial charge in [-0.15, -0.1) is 0 Å². The lowest BCUT2D eigenvalue weighted by atomic mass is 9.99. The summed E-state index contributed by atoms with van der Waals surface area (Å²) in [5.74, 6) is 0.951. The molecule has 0 saturated heterocycles. The Hall–Kier alpha value is -0.850. The number of unbranched alkanes of at least 4 members (excludes halogenated alkanes) is 2. The molecular weight excluding hydrogens is 472 g/mol. The van der Waals surface area contributed by atoms with E-state index in [0.29, 0.717) is 48.0 Å². The molecule has 30 heavy (non-hydrogen) atoms. The van der Waals surface area contributed by atoms with Crippen LogP contribution in [0.25, 0.3) is 0 Å². The molecule has 0 spiro atoms. The number of hydrogen-bond acceptors (Lipinski definition) is 5. The predicted octanol–water partition coefficient (Wildman–Crippen LogP) is 7.31. The Bertz CT molecular complexity index is 663. The molecule has 0 radical (unpaired) electrons. The van der Waals surface area contributed by atoms with Crippen LogP contribution in [-0.2, 0) is 9.57 Å². The number of nitrogens with zero attached hydrogens (tertiary/aromatic N) is 1. The van der Waals surface area contributed by atoms with Gasteiger partial charge in [-0.2, -0.15) is 0 Å². The maximum absolute atomic E-state index is 6.23. The van der Waals surface area contributed by atoms with Crippen LogP contribution in [0.4, 0.5) is 0 Å². The van der Waals surface area contributed by atoms with Crippen LogP contribution in [0.2, 0.25) is 10.0 Å². The lowest BCUT2D eigenvalue weighted by Crippen LogP contribution is -2.12. The highest BCUT2D eigenvalue weighted by molar-refractivity contribution is 6.55. The molecule has 0 atom stereocenters. The van der Waals surface area contributed by atoms with Crippen molar-refractivity contribution in [2.24, 2.45) is 10.6 Å². The molecule has 1 rings (SSSR count).